The van der Waals surface area contributed by atoms with Crippen molar-refractivity contribution in [2.24, 2.45) is 5.41 Å². The van der Waals surface area contributed by atoms with E-state index in [0.717, 1.165) is 79.6 Å². The molecule has 6 unspecified atom stereocenters. The van der Waals surface area contributed by atoms with Crippen LogP contribution in [0.4, 0.5) is 0 Å². The Morgan fingerprint density at radius 2 is 1.23 bits per heavy atom. The Kier molecular flexibility index (Phi) is 28.6. The molecule has 0 spiro atoms. The molecular formula is C63H91N4O15P. The molecule has 6 atom stereocenters. The van der Waals surface area contributed by atoms with Crippen molar-refractivity contribution in [2.45, 2.75) is 187 Å². The largest absolute Gasteiger partial charge is 0.497 e. The summed E-state index contributed by atoms with van der Waals surface area (Å²) in [6.45, 7) is 15.4. The van der Waals surface area contributed by atoms with Gasteiger partial charge in [-0.3, -0.25) is 24.0 Å². The van der Waals surface area contributed by atoms with Crippen molar-refractivity contribution in [1.29, 1.82) is 5.26 Å². The molecule has 2 aliphatic heterocycles. The fourth-order valence-electron chi connectivity index (χ4n) is 10.8. The molecule has 83 heavy (non-hydrogen) atoms. The summed E-state index contributed by atoms with van der Waals surface area (Å²) in [5.41, 5.74) is 1.21. The van der Waals surface area contributed by atoms with E-state index < -0.39 is 74.0 Å². The van der Waals surface area contributed by atoms with Crippen LogP contribution in [0.5, 0.6) is 11.5 Å². The van der Waals surface area contributed by atoms with Crippen molar-refractivity contribution >= 4 is 38.2 Å². The molecule has 5 rings (SSSR count). The number of hydrogen-bond donors (Lipinski definition) is 1. The van der Waals surface area contributed by atoms with E-state index in [-0.39, 0.29) is 44.2 Å². The standard InChI is InChI=1S/C63H91N4O15P/c1-45(2)67(46(3)4)83(78-41-23-37-64)79-44-62(43-77-63(51-24-19-18-20-25-51,52-27-31-54(73-9)32-28-52)53-29-33-55(74-10)34-30-53)35-38-66(39-36-62)57(72)26-21-16-14-12-11-13-15-17-22-40-75-61-58(65-47(5)68)60(81-50(8)71)59(80-49(7)70)56(82-61)42-76-48(6)69/h18-20,24-25,27-34,45-46,56,58-61H,11-17,21-23,26,35-36,38-44H2,1-10H3,(H,65,68). The number of carbonyl (C=O) groups is 5. The van der Waals surface area contributed by atoms with Crippen LogP contribution in [0.25, 0.3) is 0 Å². The van der Waals surface area contributed by atoms with Gasteiger partial charge in [-0.25, -0.2) is 4.67 Å². The maximum atomic E-state index is 13.9. The van der Waals surface area contributed by atoms with Crippen LogP contribution < -0.4 is 14.8 Å². The number of nitrogens with zero attached hydrogens (tertiary/aromatic N) is 3. The average Bonchev–Trinajstić information content (AvgIpc) is 2.57. The van der Waals surface area contributed by atoms with Crippen LogP contribution in [0.1, 0.15) is 156 Å². The van der Waals surface area contributed by atoms with Crippen LogP contribution >= 0.6 is 8.53 Å². The van der Waals surface area contributed by atoms with E-state index in [1.807, 2.05) is 47.4 Å². The second-order valence-electron chi connectivity index (χ2n) is 22.0. The minimum atomic E-state index is -1.55. The summed E-state index contributed by atoms with van der Waals surface area (Å²) in [4.78, 5) is 64.2. The number of carbonyl (C=O) groups excluding carboxylic acids is 5. The summed E-state index contributed by atoms with van der Waals surface area (Å²) >= 11 is 0. The molecule has 0 radical (unpaired) electrons. The van der Waals surface area contributed by atoms with E-state index in [9.17, 15) is 29.2 Å². The first-order chi connectivity index (χ1) is 39.9. The zero-order valence-electron chi connectivity index (χ0n) is 50.6. The third-order valence-electron chi connectivity index (χ3n) is 15.0. The molecule has 3 aromatic carbocycles. The van der Waals surface area contributed by atoms with Gasteiger partial charge in [-0.05, 0) is 94.3 Å². The highest BCUT2D eigenvalue weighted by atomic mass is 31.2. The van der Waals surface area contributed by atoms with Gasteiger partial charge in [0.05, 0.1) is 46.5 Å². The average molecular weight is 1180 g/mol. The normalized spacial score (nSPS) is 19.2. The van der Waals surface area contributed by atoms with Crippen molar-refractivity contribution in [3.05, 3.63) is 95.6 Å². The van der Waals surface area contributed by atoms with Crippen LogP contribution in [0.3, 0.4) is 0 Å². The maximum Gasteiger partial charge on any atom is 0.303 e. The number of amides is 2. The molecule has 3 aromatic rings. The minimum absolute atomic E-state index is 0.121. The smallest absolute Gasteiger partial charge is 0.303 e. The van der Waals surface area contributed by atoms with Crippen molar-refractivity contribution < 1.29 is 70.9 Å². The zero-order valence-corrected chi connectivity index (χ0v) is 51.5. The topological polar surface area (TPSA) is 220 Å². The molecule has 2 amide bonds. The van der Waals surface area contributed by atoms with Crippen LogP contribution in [-0.2, 0) is 67.0 Å². The molecule has 0 aliphatic carbocycles. The number of hydrogen-bond acceptors (Lipinski definition) is 17. The molecule has 2 saturated heterocycles. The third kappa shape index (κ3) is 20.8. The van der Waals surface area contributed by atoms with Gasteiger partial charge in [-0.1, -0.05) is 99.5 Å². The Bertz CT molecular complexity index is 2430. The molecular weight excluding hydrogens is 1080 g/mol. The first-order valence-corrected chi connectivity index (χ1v) is 30.5. The molecule has 0 aromatic heterocycles. The molecule has 458 valence electrons. The Balaban J connectivity index is 1.17. The second kappa shape index (κ2) is 34.9. The maximum absolute atomic E-state index is 13.9. The van der Waals surface area contributed by atoms with Crippen LogP contribution in [0, 0.1) is 16.7 Å². The minimum Gasteiger partial charge on any atom is -0.497 e. The molecule has 2 aliphatic rings. The quantitative estimate of drug-likeness (QED) is 0.0190. The molecule has 2 heterocycles. The number of nitrogens with one attached hydrogen (secondary N) is 1. The lowest BCUT2D eigenvalue weighted by atomic mass is 9.77. The number of likely N-dealkylation sites (tertiary alicyclic amines) is 1. The Hall–Kier alpha value is -5.71. The van der Waals surface area contributed by atoms with Crippen molar-refractivity contribution in [1.82, 2.24) is 14.9 Å². The van der Waals surface area contributed by atoms with Gasteiger partial charge in [0.2, 0.25) is 11.8 Å². The number of benzene rings is 3. The van der Waals surface area contributed by atoms with Gasteiger partial charge < -0.3 is 57.2 Å². The molecule has 0 bridgehead atoms. The highest BCUT2D eigenvalue weighted by Gasteiger charge is 2.51. The Morgan fingerprint density at radius 1 is 0.699 bits per heavy atom. The molecule has 0 saturated carbocycles. The van der Waals surface area contributed by atoms with Gasteiger partial charge in [-0.2, -0.15) is 5.26 Å². The number of rotatable bonds is 35. The summed E-state index contributed by atoms with van der Waals surface area (Å²) in [5.74, 6) is -0.744. The highest BCUT2D eigenvalue weighted by molar-refractivity contribution is 7.44. The van der Waals surface area contributed by atoms with E-state index in [1.165, 1.54) is 27.7 Å². The summed E-state index contributed by atoms with van der Waals surface area (Å²) in [7, 11) is 1.76. The van der Waals surface area contributed by atoms with Crippen LogP contribution in [0.2, 0.25) is 0 Å². The van der Waals surface area contributed by atoms with Gasteiger partial charge >= 0.3 is 17.9 Å². The van der Waals surface area contributed by atoms with E-state index in [1.54, 1.807) is 14.2 Å². The Labute approximate surface area is 493 Å². The lowest BCUT2D eigenvalue weighted by Crippen LogP contribution is -2.66. The van der Waals surface area contributed by atoms with E-state index >= 15 is 0 Å². The predicted octanol–water partition coefficient (Wildman–Crippen LogP) is 10.5. The van der Waals surface area contributed by atoms with E-state index in [4.69, 9.17) is 46.9 Å². The first kappa shape index (κ1) is 68.1. The van der Waals surface area contributed by atoms with Gasteiger partial charge in [-0.15, -0.1) is 0 Å². The van der Waals surface area contributed by atoms with Crippen LogP contribution in [-0.4, -0.2) is 142 Å². The number of unbranched alkanes of at least 4 members (excludes halogenated alkanes) is 8. The van der Waals surface area contributed by atoms with Crippen molar-refractivity contribution in [2.75, 3.05) is 60.3 Å². The Morgan fingerprint density at radius 3 is 1.73 bits per heavy atom. The number of methoxy groups -OCH3 is 2. The first-order valence-electron chi connectivity index (χ1n) is 29.4. The molecule has 2 fully saturated rings. The molecule has 19 nitrogen and oxygen atoms in total. The molecule has 20 heteroatoms. The van der Waals surface area contributed by atoms with Gasteiger partial charge in [0.1, 0.15) is 35.9 Å². The lowest BCUT2D eigenvalue weighted by molar-refractivity contribution is -0.277. The van der Waals surface area contributed by atoms with Gasteiger partial charge in [0, 0.05) is 71.3 Å². The van der Waals surface area contributed by atoms with Gasteiger partial charge in [0.25, 0.3) is 8.53 Å². The summed E-state index contributed by atoms with van der Waals surface area (Å²) < 4.78 is 62.8. The van der Waals surface area contributed by atoms with E-state index in [0.29, 0.717) is 52.0 Å². The zero-order chi connectivity index (χ0) is 60.4. The number of ether oxygens (including phenoxy) is 8. The SMILES string of the molecule is COc1ccc(C(OCC2(COP(OCCC#N)N(C(C)C)C(C)C)CCN(C(=O)CCCCCCCCCCCOC3OC(COC(C)=O)C(OC(C)=O)C(OC(C)=O)C3NC(C)=O)CC2)(c2ccccc2)c2ccc(OC)cc2)cc1. The highest BCUT2D eigenvalue weighted by Crippen LogP contribution is 2.50. The lowest BCUT2D eigenvalue weighted by Gasteiger charge is -2.45. The monoisotopic (exact) mass is 1170 g/mol. The number of esters is 3. The van der Waals surface area contributed by atoms with Crippen LogP contribution in [0.15, 0.2) is 78.9 Å². The summed E-state index contributed by atoms with van der Waals surface area (Å²) in [5, 5.41) is 12.2. The fourth-order valence-corrected chi connectivity index (χ4v) is 12.5. The fraction of sp³-hybridized carbons (Fsp3) is 0.619. The van der Waals surface area contributed by atoms with Crippen molar-refractivity contribution in [3.63, 3.8) is 0 Å². The summed E-state index contributed by atoms with van der Waals surface area (Å²) in [6.07, 6.45) is 6.06. The molecule has 1 N–H and O–H groups in total. The number of nitriles is 1. The van der Waals surface area contributed by atoms with E-state index in [2.05, 4.69) is 80.1 Å². The number of piperidine rings is 1. The van der Waals surface area contributed by atoms with Gasteiger partial charge in [0.15, 0.2) is 18.5 Å². The predicted molar refractivity (Wildman–Crippen MR) is 314 cm³/mol. The third-order valence-corrected chi connectivity index (χ3v) is 17.0. The second-order valence-corrected chi connectivity index (χ2v) is 23.5. The summed E-state index contributed by atoms with van der Waals surface area (Å²) in [6, 6.07) is 27.7. The van der Waals surface area contributed by atoms with Crippen molar-refractivity contribution in [3.8, 4) is 17.6 Å².